The molecule has 1 aromatic rings. The van der Waals surface area contributed by atoms with Crippen LogP contribution >= 0.6 is 11.6 Å². The van der Waals surface area contributed by atoms with Crippen LogP contribution in [-0.2, 0) is 14.3 Å². The molecule has 1 amide bonds. The minimum absolute atomic E-state index is 0.0490. The number of benzene rings is 1. The summed E-state index contributed by atoms with van der Waals surface area (Å²) in [7, 11) is 1.40. The molecular weight excluding hydrogens is 277 g/mol. The SMILES string of the molecule is CN1C(=O)COC(C(=O)O)C1c1c(F)cccc1Cl. The monoisotopic (exact) mass is 287 g/mol. The molecule has 7 heteroatoms. The van der Waals surface area contributed by atoms with E-state index in [1.54, 1.807) is 0 Å². The Labute approximate surface area is 113 Å². The summed E-state index contributed by atoms with van der Waals surface area (Å²) in [5, 5.41) is 9.18. The van der Waals surface area contributed by atoms with Crippen molar-refractivity contribution < 1.29 is 23.8 Å². The lowest BCUT2D eigenvalue weighted by Crippen LogP contribution is -2.50. The number of hydrogen-bond donors (Lipinski definition) is 1. The topological polar surface area (TPSA) is 66.8 Å². The van der Waals surface area contributed by atoms with Crippen LogP contribution in [0.25, 0.3) is 0 Å². The Morgan fingerprint density at radius 3 is 2.84 bits per heavy atom. The van der Waals surface area contributed by atoms with Crippen molar-refractivity contribution in [1.29, 1.82) is 0 Å². The first-order valence-corrected chi connectivity index (χ1v) is 5.85. The third-order valence-corrected chi connectivity index (χ3v) is 3.35. The molecule has 2 unspecified atom stereocenters. The number of carbonyl (C=O) groups is 2. The minimum Gasteiger partial charge on any atom is -0.479 e. The van der Waals surface area contributed by atoms with Crippen molar-refractivity contribution in [3.63, 3.8) is 0 Å². The van der Waals surface area contributed by atoms with Gasteiger partial charge in [0, 0.05) is 17.6 Å². The van der Waals surface area contributed by atoms with Crippen LogP contribution in [0.2, 0.25) is 5.02 Å². The molecule has 0 aromatic heterocycles. The summed E-state index contributed by atoms with van der Waals surface area (Å²) in [4.78, 5) is 23.9. The second-order valence-electron chi connectivity index (χ2n) is 4.15. The quantitative estimate of drug-likeness (QED) is 0.894. The lowest BCUT2D eigenvalue weighted by atomic mass is 9.97. The van der Waals surface area contributed by atoms with Gasteiger partial charge in [0.05, 0.1) is 6.04 Å². The Balaban J connectivity index is 2.53. The zero-order chi connectivity index (χ0) is 14.2. The highest BCUT2D eigenvalue weighted by Gasteiger charge is 2.42. The first-order chi connectivity index (χ1) is 8.93. The fraction of sp³-hybridized carbons (Fsp3) is 0.333. The van der Waals surface area contributed by atoms with Gasteiger partial charge in [0.15, 0.2) is 6.10 Å². The third-order valence-electron chi connectivity index (χ3n) is 3.02. The first-order valence-electron chi connectivity index (χ1n) is 5.47. The van der Waals surface area contributed by atoms with Gasteiger partial charge in [-0.2, -0.15) is 0 Å². The van der Waals surface area contributed by atoms with Gasteiger partial charge < -0.3 is 14.7 Å². The Kier molecular flexibility index (Phi) is 3.73. The van der Waals surface area contributed by atoms with Crippen molar-refractivity contribution in [2.45, 2.75) is 12.1 Å². The number of likely N-dealkylation sites (N-methyl/N-ethyl adjacent to an activating group) is 1. The number of hydrogen-bond acceptors (Lipinski definition) is 3. The van der Waals surface area contributed by atoms with Gasteiger partial charge in [0.1, 0.15) is 12.4 Å². The average Bonchev–Trinajstić information content (AvgIpc) is 2.33. The number of ether oxygens (including phenoxy) is 1. The Morgan fingerprint density at radius 2 is 2.26 bits per heavy atom. The standard InChI is InChI=1S/C12H11ClFNO4/c1-15-8(16)5-19-11(12(17)18)10(15)9-6(13)3-2-4-7(9)14/h2-4,10-11H,5H2,1H3,(H,17,18). The van der Waals surface area contributed by atoms with E-state index in [2.05, 4.69) is 0 Å². The Morgan fingerprint density at radius 1 is 1.58 bits per heavy atom. The molecule has 1 aromatic carbocycles. The molecule has 1 aliphatic rings. The van der Waals surface area contributed by atoms with Crippen LogP contribution in [0.1, 0.15) is 11.6 Å². The molecule has 0 saturated carbocycles. The molecule has 0 radical (unpaired) electrons. The number of nitrogens with zero attached hydrogens (tertiary/aromatic N) is 1. The van der Waals surface area contributed by atoms with E-state index < -0.39 is 29.8 Å². The van der Waals surface area contributed by atoms with E-state index in [9.17, 15) is 14.0 Å². The van der Waals surface area contributed by atoms with E-state index in [1.165, 1.54) is 19.2 Å². The van der Waals surface area contributed by atoms with E-state index in [0.29, 0.717) is 0 Å². The average molecular weight is 288 g/mol. The molecule has 0 spiro atoms. The molecular formula is C12H11ClFNO4. The van der Waals surface area contributed by atoms with E-state index in [1.807, 2.05) is 0 Å². The van der Waals surface area contributed by atoms with Gasteiger partial charge in [-0.05, 0) is 12.1 Å². The predicted molar refractivity (Wildman–Crippen MR) is 64.3 cm³/mol. The van der Waals surface area contributed by atoms with Crippen molar-refractivity contribution in [3.8, 4) is 0 Å². The molecule has 1 saturated heterocycles. The van der Waals surface area contributed by atoms with Crippen molar-refractivity contribution in [1.82, 2.24) is 4.90 Å². The maximum atomic E-state index is 13.9. The van der Waals surface area contributed by atoms with Crippen molar-refractivity contribution in [2.24, 2.45) is 0 Å². The molecule has 2 atom stereocenters. The zero-order valence-electron chi connectivity index (χ0n) is 9.97. The highest BCUT2D eigenvalue weighted by atomic mass is 35.5. The lowest BCUT2D eigenvalue weighted by Gasteiger charge is -2.37. The minimum atomic E-state index is -1.35. The van der Waals surface area contributed by atoms with Gasteiger partial charge in [-0.25, -0.2) is 9.18 Å². The lowest BCUT2D eigenvalue weighted by molar-refractivity contribution is -0.171. The number of carboxylic acids is 1. The van der Waals surface area contributed by atoms with Gasteiger partial charge >= 0.3 is 5.97 Å². The molecule has 5 nitrogen and oxygen atoms in total. The van der Waals surface area contributed by atoms with Crippen molar-refractivity contribution in [3.05, 3.63) is 34.6 Å². The number of amides is 1. The molecule has 102 valence electrons. The van der Waals surface area contributed by atoms with Gasteiger partial charge in [-0.15, -0.1) is 0 Å². The maximum Gasteiger partial charge on any atom is 0.335 e. The third kappa shape index (κ3) is 2.41. The molecule has 2 rings (SSSR count). The normalized spacial score (nSPS) is 23.5. The number of halogens is 2. The number of carbonyl (C=O) groups excluding carboxylic acids is 1. The predicted octanol–water partition coefficient (Wildman–Crippen LogP) is 1.46. The second kappa shape index (κ2) is 5.14. The zero-order valence-corrected chi connectivity index (χ0v) is 10.7. The summed E-state index contributed by atoms with van der Waals surface area (Å²) in [6, 6.07) is 2.91. The number of carboxylic acid groups (broad SMARTS) is 1. The molecule has 1 fully saturated rings. The molecule has 19 heavy (non-hydrogen) atoms. The first kappa shape index (κ1) is 13.8. The second-order valence-corrected chi connectivity index (χ2v) is 4.56. The van der Waals surface area contributed by atoms with Crippen LogP contribution in [0.15, 0.2) is 18.2 Å². The van der Waals surface area contributed by atoms with Crippen LogP contribution in [0.3, 0.4) is 0 Å². The molecule has 0 aliphatic carbocycles. The van der Waals surface area contributed by atoms with Crippen LogP contribution < -0.4 is 0 Å². The largest absolute Gasteiger partial charge is 0.479 e. The number of aliphatic carboxylic acids is 1. The summed E-state index contributed by atoms with van der Waals surface area (Å²) in [5.74, 6) is -2.38. The van der Waals surface area contributed by atoms with Crippen LogP contribution in [0.5, 0.6) is 0 Å². The van der Waals surface area contributed by atoms with Gasteiger partial charge in [-0.3, -0.25) is 4.79 Å². The smallest absolute Gasteiger partial charge is 0.335 e. The van der Waals surface area contributed by atoms with Crippen LogP contribution in [0.4, 0.5) is 4.39 Å². The fourth-order valence-corrected chi connectivity index (χ4v) is 2.33. The maximum absolute atomic E-state index is 13.9. The summed E-state index contributed by atoms with van der Waals surface area (Å²) in [6.45, 7) is -0.351. The van der Waals surface area contributed by atoms with Crippen molar-refractivity contribution >= 4 is 23.5 Å². The van der Waals surface area contributed by atoms with Crippen LogP contribution in [0, 0.1) is 5.82 Å². The Hall–Kier alpha value is -1.66. The van der Waals surface area contributed by atoms with Gasteiger partial charge in [0.25, 0.3) is 0 Å². The summed E-state index contributed by atoms with van der Waals surface area (Å²) in [6.07, 6.45) is -1.35. The van der Waals surface area contributed by atoms with E-state index in [0.717, 1.165) is 11.0 Å². The molecule has 1 N–H and O–H groups in total. The summed E-state index contributed by atoms with van der Waals surface area (Å²) >= 11 is 5.92. The van der Waals surface area contributed by atoms with E-state index in [4.69, 9.17) is 21.4 Å². The summed E-state index contributed by atoms with van der Waals surface area (Å²) < 4.78 is 18.9. The highest BCUT2D eigenvalue weighted by molar-refractivity contribution is 6.31. The van der Waals surface area contributed by atoms with Crippen molar-refractivity contribution in [2.75, 3.05) is 13.7 Å². The Bertz CT molecular complexity index is 516. The van der Waals surface area contributed by atoms with Gasteiger partial charge in [-0.1, -0.05) is 17.7 Å². The van der Waals surface area contributed by atoms with Crippen LogP contribution in [-0.4, -0.2) is 41.6 Å². The number of rotatable bonds is 2. The highest BCUT2D eigenvalue weighted by Crippen LogP contribution is 2.35. The number of morpholine rings is 1. The van der Waals surface area contributed by atoms with Gasteiger partial charge in [0.2, 0.25) is 5.91 Å². The molecule has 0 bridgehead atoms. The molecule has 1 heterocycles. The molecule has 1 aliphatic heterocycles. The van der Waals surface area contributed by atoms with E-state index in [-0.39, 0.29) is 17.2 Å². The summed E-state index contributed by atoms with van der Waals surface area (Å²) in [5.41, 5.74) is -0.0490. The van der Waals surface area contributed by atoms with E-state index >= 15 is 0 Å². The fourth-order valence-electron chi connectivity index (χ4n) is 2.06.